The number of aromatic nitrogens is 2. The molecule has 124 valence electrons. The van der Waals surface area contributed by atoms with Crippen molar-refractivity contribution in [3.05, 3.63) is 48.0 Å². The van der Waals surface area contributed by atoms with E-state index in [4.69, 9.17) is 0 Å². The first-order valence-electron chi connectivity index (χ1n) is 6.99. The molecule has 1 N–H and O–H groups in total. The molecule has 23 heavy (non-hydrogen) atoms. The SMILES string of the molecule is C[C@H](NC(=O)[C@@H](C)n1cccn1)c1ccc(S(C)(=O)=O)c(F)c1. The number of hydrogen-bond donors (Lipinski definition) is 1. The van der Waals surface area contributed by atoms with Crippen molar-refractivity contribution in [1.29, 1.82) is 0 Å². The molecule has 6 nitrogen and oxygen atoms in total. The molecule has 0 bridgehead atoms. The zero-order valence-electron chi connectivity index (χ0n) is 13.0. The molecule has 0 aliphatic carbocycles. The van der Waals surface area contributed by atoms with Crippen LogP contribution in [0.3, 0.4) is 0 Å². The zero-order chi connectivity index (χ0) is 17.2. The monoisotopic (exact) mass is 339 g/mol. The molecule has 1 heterocycles. The third-order valence-electron chi connectivity index (χ3n) is 3.52. The minimum Gasteiger partial charge on any atom is -0.348 e. The molecule has 0 spiro atoms. The summed E-state index contributed by atoms with van der Waals surface area (Å²) in [6.07, 6.45) is 4.20. The molecule has 8 heteroatoms. The molecule has 0 radical (unpaired) electrons. The van der Waals surface area contributed by atoms with Gasteiger partial charge < -0.3 is 5.32 Å². The average molecular weight is 339 g/mol. The lowest BCUT2D eigenvalue weighted by Gasteiger charge is -2.18. The first kappa shape index (κ1) is 17.1. The van der Waals surface area contributed by atoms with Gasteiger partial charge in [-0.25, -0.2) is 12.8 Å². The largest absolute Gasteiger partial charge is 0.348 e. The van der Waals surface area contributed by atoms with E-state index >= 15 is 0 Å². The van der Waals surface area contributed by atoms with Crippen LogP contribution in [0.25, 0.3) is 0 Å². The molecule has 1 aromatic heterocycles. The van der Waals surface area contributed by atoms with E-state index in [2.05, 4.69) is 10.4 Å². The molecule has 2 atom stereocenters. The molecule has 0 unspecified atom stereocenters. The first-order chi connectivity index (χ1) is 10.7. The summed E-state index contributed by atoms with van der Waals surface area (Å²) in [7, 11) is -3.62. The fraction of sp³-hybridized carbons (Fsp3) is 0.333. The van der Waals surface area contributed by atoms with Crippen molar-refractivity contribution in [2.75, 3.05) is 6.26 Å². The van der Waals surface area contributed by atoms with Gasteiger partial charge >= 0.3 is 0 Å². The Hall–Kier alpha value is -2.22. The van der Waals surface area contributed by atoms with Crippen molar-refractivity contribution in [2.45, 2.75) is 30.8 Å². The number of nitrogens with zero attached hydrogens (tertiary/aromatic N) is 2. The van der Waals surface area contributed by atoms with Gasteiger partial charge in [-0.3, -0.25) is 9.48 Å². The Morgan fingerprint density at radius 3 is 2.57 bits per heavy atom. The Morgan fingerprint density at radius 1 is 1.35 bits per heavy atom. The van der Waals surface area contributed by atoms with Gasteiger partial charge in [0.1, 0.15) is 16.8 Å². The molecular weight excluding hydrogens is 321 g/mol. The summed E-state index contributed by atoms with van der Waals surface area (Å²) in [6.45, 7) is 3.39. The molecule has 0 aliphatic rings. The average Bonchev–Trinajstić information content (AvgIpc) is 2.98. The molecular formula is C15H18FN3O3S. The Morgan fingerprint density at radius 2 is 2.04 bits per heavy atom. The van der Waals surface area contributed by atoms with Crippen molar-refractivity contribution < 1.29 is 17.6 Å². The number of rotatable bonds is 5. The van der Waals surface area contributed by atoms with Crippen molar-refractivity contribution >= 4 is 15.7 Å². The van der Waals surface area contributed by atoms with Crippen molar-refractivity contribution in [1.82, 2.24) is 15.1 Å². The van der Waals surface area contributed by atoms with E-state index in [9.17, 15) is 17.6 Å². The van der Waals surface area contributed by atoms with Gasteiger partial charge in [0.25, 0.3) is 0 Å². The second kappa shape index (κ2) is 6.49. The van der Waals surface area contributed by atoms with E-state index < -0.39 is 27.7 Å². The number of carbonyl (C=O) groups excluding carboxylic acids is 1. The number of benzene rings is 1. The van der Waals surface area contributed by atoms with E-state index in [1.54, 1.807) is 32.3 Å². The van der Waals surface area contributed by atoms with Gasteiger partial charge in [-0.15, -0.1) is 0 Å². The molecule has 0 saturated heterocycles. The summed E-state index contributed by atoms with van der Waals surface area (Å²) >= 11 is 0. The maximum atomic E-state index is 13.9. The van der Waals surface area contributed by atoms with Crippen LogP contribution in [0.5, 0.6) is 0 Å². The normalized spacial score (nSPS) is 14.3. The third-order valence-corrected chi connectivity index (χ3v) is 4.65. The van der Waals surface area contributed by atoms with Gasteiger partial charge in [-0.2, -0.15) is 5.10 Å². The third kappa shape index (κ3) is 3.95. The highest BCUT2D eigenvalue weighted by molar-refractivity contribution is 7.90. The maximum Gasteiger partial charge on any atom is 0.245 e. The standard InChI is InChI=1S/C15H18FN3O3S/c1-10(18-15(20)11(2)19-8-4-7-17-19)12-5-6-14(13(16)9-12)23(3,21)22/h4-11H,1-3H3,(H,18,20)/t10-,11+/m0/s1. The molecule has 1 amide bonds. The van der Waals surface area contributed by atoms with E-state index in [1.165, 1.54) is 16.8 Å². The van der Waals surface area contributed by atoms with Crippen LogP contribution in [0.1, 0.15) is 31.5 Å². The van der Waals surface area contributed by atoms with Crippen molar-refractivity contribution in [3.8, 4) is 0 Å². The maximum absolute atomic E-state index is 13.9. The summed E-state index contributed by atoms with van der Waals surface area (Å²) in [5, 5.41) is 6.75. The second-order valence-electron chi connectivity index (χ2n) is 5.35. The van der Waals surface area contributed by atoms with E-state index in [1.807, 2.05) is 0 Å². The fourth-order valence-electron chi connectivity index (χ4n) is 2.13. The van der Waals surface area contributed by atoms with E-state index in [0.717, 1.165) is 12.3 Å². The van der Waals surface area contributed by atoms with Crippen LogP contribution in [0, 0.1) is 5.82 Å². The minimum absolute atomic E-state index is 0.270. The molecule has 2 rings (SSSR count). The highest BCUT2D eigenvalue weighted by Gasteiger charge is 2.20. The second-order valence-corrected chi connectivity index (χ2v) is 7.34. The summed E-state index contributed by atoms with van der Waals surface area (Å²) in [6, 6.07) is 4.56. The lowest BCUT2D eigenvalue weighted by molar-refractivity contribution is -0.124. The van der Waals surface area contributed by atoms with Crippen LogP contribution in [0.15, 0.2) is 41.6 Å². The van der Waals surface area contributed by atoms with E-state index in [-0.39, 0.29) is 10.8 Å². The smallest absolute Gasteiger partial charge is 0.245 e. The Kier molecular flexibility index (Phi) is 4.84. The number of halogens is 1. The number of nitrogens with one attached hydrogen (secondary N) is 1. The summed E-state index contributed by atoms with van der Waals surface area (Å²) in [4.78, 5) is 11.8. The fourth-order valence-corrected chi connectivity index (χ4v) is 2.86. The first-order valence-corrected chi connectivity index (χ1v) is 8.88. The molecule has 2 aromatic rings. The zero-order valence-corrected chi connectivity index (χ0v) is 13.8. The molecule has 0 saturated carbocycles. The molecule has 1 aromatic carbocycles. The van der Waals surface area contributed by atoms with Gasteiger partial charge in [0.15, 0.2) is 9.84 Å². The van der Waals surface area contributed by atoms with Crippen molar-refractivity contribution in [2.24, 2.45) is 0 Å². The van der Waals surface area contributed by atoms with Crippen LogP contribution in [-0.4, -0.2) is 30.4 Å². The number of hydrogen-bond acceptors (Lipinski definition) is 4. The minimum atomic E-state index is -3.62. The quantitative estimate of drug-likeness (QED) is 0.901. The number of carbonyl (C=O) groups is 1. The van der Waals surface area contributed by atoms with Gasteiger partial charge in [-0.1, -0.05) is 6.07 Å². The molecule has 0 aliphatic heterocycles. The highest BCUT2D eigenvalue weighted by atomic mass is 32.2. The Balaban J connectivity index is 2.13. The van der Waals surface area contributed by atoms with Crippen LogP contribution >= 0.6 is 0 Å². The summed E-state index contributed by atoms with van der Waals surface area (Å²) < 4.78 is 38.3. The van der Waals surface area contributed by atoms with Crippen LogP contribution in [-0.2, 0) is 14.6 Å². The van der Waals surface area contributed by atoms with Crippen molar-refractivity contribution in [3.63, 3.8) is 0 Å². The summed E-state index contributed by atoms with van der Waals surface area (Å²) in [5.41, 5.74) is 0.482. The predicted octanol–water partition coefficient (Wildman–Crippen LogP) is 1.86. The molecule has 0 fully saturated rings. The van der Waals surface area contributed by atoms with Crippen LogP contribution in [0.2, 0.25) is 0 Å². The lowest BCUT2D eigenvalue weighted by Crippen LogP contribution is -2.33. The predicted molar refractivity (Wildman–Crippen MR) is 83.0 cm³/mol. The van der Waals surface area contributed by atoms with E-state index in [0.29, 0.717) is 5.56 Å². The lowest BCUT2D eigenvalue weighted by atomic mass is 10.1. The van der Waals surface area contributed by atoms with Gasteiger partial charge in [0, 0.05) is 18.6 Å². The Labute approximate surface area is 134 Å². The topological polar surface area (TPSA) is 81.1 Å². The van der Waals surface area contributed by atoms with Gasteiger partial charge in [-0.05, 0) is 37.6 Å². The number of sulfone groups is 1. The highest BCUT2D eigenvalue weighted by Crippen LogP contribution is 2.20. The number of amides is 1. The van der Waals surface area contributed by atoms with Gasteiger partial charge in [0.2, 0.25) is 5.91 Å². The summed E-state index contributed by atoms with van der Waals surface area (Å²) in [5.74, 6) is -1.10. The Bertz CT molecular complexity index is 803. The van der Waals surface area contributed by atoms with Gasteiger partial charge in [0.05, 0.1) is 6.04 Å². The van der Waals surface area contributed by atoms with Crippen LogP contribution < -0.4 is 5.32 Å². The van der Waals surface area contributed by atoms with Crippen LogP contribution in [0.4, 0.5) is 4.39 Å².